The van der Waals surface area contributed by atoms with Crippen LogP contribution >= 0.6 is 0 Å². The fourth-order valence-corrected chi connectivity index (χ4v) is 1.59. The zero-order valence-electron chi connectivity index (χ0n) is 10.7. The van der Waals surface area contributed by atoms with E-state index in [1.54, 1.807) is 0 Å². The molecule has 108 valence electrons. The predicted octanol–water partition coefficient (Wildman–Crippen LogP) is 0.707. The van der Waals surface area contributed by atoms with E-state index in [2.05, 4.69) is 5.32 Å². The van der Waals surface area contributed by atoms with Crippen LogP contribution in [0.2, 0.25) is 0 Å². The number of hydrogen-bond donors (Lipinski definition) is 4. The molecule has 0 aliphatic heterocycles. The van der Waals surface area contributed by atoms with Gasteiger partial charge in [0, 0.05) is 17.7 Å². The average molecular weight is 280 g/mol. The normalized spacial score (nSPS) is 11.6. The fourth-order valence-electron chi connectivity index (χ4n) is 1.59. The number of carboxylic acid groups (broad SMARTS) is 2. The summed E-state index contributed by atoms with van der Waals surface area (Å²) < 4.78 is 0. The Morgan fingerprint density at radius 1 is 1.15 bits per heavy atom. The van der Waals surface area contributed by atoms with E-state index in [1.165, 1.54) is 24.3 Å². The standard InChI is InChI=1S/C13H16N2O5/c14-9-6-4-8(5-7-9)12(18)15-10(13(19)20)2-1-3-11(16)17/h4-7,10H,1-3,14H2,(H,15,18)(H,16,17)(H,19,20)/t10-/m1/s1. The zero-order valence-corrected chi connectivity index (χ0v) is 10.7. The molecule has 0 bridgehead atoms. The highest BCUT2D eigenvalue weighted by molar-refractivity contribution is 5.96. The number of amides is 1. The van der Waals surface area contributed by atoms with Gasteiger partial charge in [0.25, 0.3) is 5.91 Å². The highest BCUT2D eigenvalue weighted by Gasteiger charge is 2.20. The second-order valence-electron chi connectivity index (χ2n) is 4.27. The summed E-state index contributed by atoms with van der Waals surface area (Å²) in [6.07, 6.45) is 0.0954. The number of hydrogen-bond acceptors (Lipinski definition) is 4. The molecule has 7 nitrogen and oxygen atoms in total. The van der Waals surface area contributed by atoms with Crippen molar-refractivity contribution >= 4 is 23.5 Å². The predicted molar refractivity (Wildman–Crippen MR) is 71.2 cm³/mol. The number of carboxylic acids is 2. The second kappa shape index (κ2) is 7.13. The SMILES string of the molecule is Nc1ccc(C(=O)N[C@H](CCCC(=O)O)C(=O)O)cc1. The number of nitrogen functional groups attached to an aromatic ring is 1. The molecular formula is C13H16N2O5. The van der Waals surface area contributed by atoms with Gasteiger partial charge in [0.1, 0.15) is 6.04 Å². The van der Waals surface area contributed by atoms with E-state index in [-0.39, 0.29) is 19.3 Å². The Bertz CT molecular complexity index is 498. The number of rotatable bonds is 7. The van der Waals surface area contributed by atoms with E-state index >= 15 is 0 Å². The second-order valence-corrected chi connectivity index (χ2v) is 4.27. The molecule has 0 aliphatic rings. The summed E-state index contributed by atoms with van der Waals surface area (Å²) in [5.74, 6) is -2.73. The van der Waals surface area contributed by atoms with E-state index in [4.69, 9.17) is 15.9 Å². The van der Waals surface area contributed by atoms with Gasteiger partial charge in [-0.2, -0.15) is 0 Å². The van der Waals surface area contributed by atoms with Crippen molar-refractivity contribution in [3.05, 3.63) is 29.8 Å². The van der Waals surface area contributed by atoms with Crippen molar-refractivity contribution in [2.75, 3.05) is 5.73 Å². The van der Waals surface area contributed by atoms with Crippen molar-refractivity contribution in [1.29, 1.82) is 0 Å². The first-order valence-corrected chi connectivity index (χ1v) is 6.01. The molecule has 0 heterocycles. The minimum absolute atomic E-state index is 0.0579. The number of carbonyl (C=O) groups excluding carboxylic acids is 1. The molecule has 0 saturated carbocycles. The van der Waals surface area contributed by atoms with Crippen molar-refractivity contribution in [1.82, 2.24) is 5.32 Å². The van der Waals surface area contributed by atoms with E-state index in [9.17, 15) is 14.4 Å². The lowest BCUT2D eigenvalue weighted by Gasteiger charge is -2.14. The Morgan fingerprint density at radius 2 is 1.75 bits per heavy atom. The first-order valence-electron chi connectivity index (χ1n) is 6.01. The maximum atomic E-state index is 11.8. The highest BCUT2D eigenvalue weighted by atomic mass is 16.4. The van der Waals surface area contributed by atoms with Gasteiger partial charge in [0.2, 0.25) is 0 Å². The van der Waals surface area contributed by atoms with Gasteiger partial charge in [-0.15, -0.1) is 0 Å². The van der Waals surface area contributed by atoms with Crippen LogP contribution < -0.4 is 11.1 Å². The van der Waals surface area contributed by atoms with E-state index in [0.29, 0.717) is 11.3 Å². The van der Waals surface area contributed by atoms with E-state index < -0.39 is 23.9 Å². The lowest BCUT2D eigenvalue weighted by Crippen LogP contribution is -2.40. The molecule has 0 radical (unpaired) electrons. The van der Waals surface area contributed by atoms with Gasteiger partial charge in [-0.3, -0.25) is 9.59 Å². The summed E-state index contributed by atoms with van der Waals surface area (Å²) in [5, 5.41) is 19.9. The quantitative estimate of drug-likeness (QED) is 0.544. The van der Waals surface area contributed by atoms with Crippen LogP contribution in [0.4, 0.5) is 5.69 Å². The van der Waals surface area contributed by atoms with Crippen LogP contribution in [0, 0.1) is 0 Å². The number of aliphatic carboxylic acids is 2. The van der Waals surface area contributed by atoms with Gasteiger partial charge in [0.15, 0.2) is 0 Å². The monoisotopic (exact) mass is 280 g/mol. The van der Waals surface area contributed by atoms with Crippen molar-refractivity contribution in [2.24, 2.45) is 0 Å². The topological polar surface area (TPSA) is 130 Å². The number of carbonyl (C=O) groups is 3. The Kier molecular flexibility index (Phi) is 5.52. The number of nitrogens with one attached hydrogen (secondary N) is 1. The van der Waals surface area contributed by atoms with Crippen molar-refractivity contribution in [3.8, 4) is 0 Å². The average Bonchev–Trinajstić information content (AvgIpc) is 2.37. The first kappa shape index (κ1) is 15.5. The number of anilines is 1. The molecule has 0 spiro atoms. The summed E-state index contributed by atoms with van der Waals surface area (Å²) in [6.45, 7) is 0. The highest BCUT2D eigenvalue weighted by Crippen LogP contribution is 2.07. The van der Waals surface area contributed by atoms with Gasteiger partial charge in [0.05, 0.1) is 0 Å². The third-order valence-electron chi connectivity index (χ3n) is 2.66. The first-order chi connectivity index (χ1) is 9.40. The van der Waals surface area contributed by atoms with Crippen LogP contribution in [-0.2, 0) is 9.59 Å². The van der Waals surface area contributed by atoms with Crippen LogP contribution in [0.15, 0.2) is 24.3 Å². The number of benzene rings is 1. The Labute approximate surface area is 115 Å². The molecule has 0 saturated heterocycles. The summed E-state index contributed by atoms with van der Waals surface area (Å²) in [6, 6.07) is 4.94. The van der Waals surface area contributed by atoms with Gasteiger partial charge in [-0.25, -0.2) is 4.79 Å². The molecule has 20 heavy (non-hydrogen) atoms. The summed E-state index contributed by atoms with van der Waals surface area (Å²) in [7, 11) is 0. The van der Waals surface area contributed by atoms with Crippen LogP contribution in [0.3, 0.4) is 0 Å². The minimum Gasteiger partial charge on any atom is -0.481 e. The van der Waals surface area contributed by atoms with Gasteiger partial charge < -0.3 is 21.3 Å². The number of nitrogens with two attached hydrogens (primary N) is 1. The molecule has 1 rings (SSSR count). The van der Waals surface area contributed by atoms with E-state index in [0.717, 1.165) is 0 Å². The molecule has 1 aromatic rings. The lowest BCUT2D eigenvalue weighted by atomic mass is 10.1. The maximum absolute atomic E-state index is 11.8. The van der Waals surface area contributed by atoms with Crippen LogP contribution in [0.25, 0.3) is 0 Å². The van der Waals surface area contributed by atoms with Crippen LogP contribution in [0.5, 0.6) is 0 Å². The lowest BCUT2D eigenvalue weighted by molar-refractivity contribution is -0.140. The molecule has 0 aliphatic carbocycles. The molecule has 1 amide bonds. The minimum atomic E-state index is -1.20. The molecule has 0 unspecified atom stereocenters. The summed E-state index contributed by atoms with van der Waals surface area (Å²) in [4.78, 5) is 33.2. The van der Waals surface area contributed by atoms with Crippen molar-refractivity contribution < 1.29 is 24.6 Å². The Morgan fingerprint density at radius 3 is 2.25 bits per heavy atom. The fraction of sp³-hybridized carbons (Fsp3) is 0.308. The van der Waals surface area contributed by atoms with Crippen LogP contribution in [0.1, 0.15) is 29.6 Å². The molecule has 0 aromatic heterocycles. The van der Waals surface area contributed by atoms with Gasteiger partial charge >= 0.3 is 11.9 Å². The van der Waals surface area contributed by atoms with Crippen LogP contribution in [-0.4, -0.2) is 34.1 Å². The molecule has 1 aromatic carbocycles. The Hall–Kier alpha value is -2.57. The largest absolute Gasteiger partial charge is 0.481 e. The molecule has 7 heteroatoms. The molecule has 0 fully saturated rings. The van der Waals surface area contributed by atoms with Gasteiger partial charge in [-0.1, -0.05) is 0 Å². The third kappa shape index (κ3) is 4.97. The maximum Gasteiger partial charge on any atom is 0.326 e. The van der Waals surface area contributed by atoms with Crippen molar-refractivity contribution in [2.45, 2.75) is 25.3 Å². The molecule has 1 atom stereocenters. The van der Waals surface area contributed by atoms with Gasteiger partial charge in [-0.05, 0) is 37.1 Å². The van der Waals surface area contributed by atoms with Crippen molar-refractivity contribution in [3.63, 3.8) is 0 Å². The van der Waals surface area contributed by atoms with E-state index in [1.807, 2.05) is 0 Å². The summed E-state index contributed by atoms with van der Waals surface area (Å²) in [5.41, 5.74) is 6.28. The smallest absolute Gasteiger partial charge is 0.326 e. The third-order valence-corrected chi connectivity index (χ3v) is 2.66. The molecular weight excluding hydrogens is 264 g/mol. The summed E-state index contributed by atoms with van der Waals surface area (Å²) >= 11 is 0. The molecule has 5 N–H and O–H groups in total. The zero-order chi connectivity index (χ0) is 15.1. The Balaban J connectivity index is 2.60.